The predicted molar refractivity (Wildman–Crippen MR) is 80.3 cm³/mol. The lowest BCUT2D eigenvalue weighted by molar-refractivity contribution is 0.831. The Labute approximate surface area is 113 Å². The third-order valence-electron chi connectivity index (χ3n) is 3.70. The summed E-state index contributed by atoms with van der Waals surface area (Å²) in [6, 6.07) is 10.5. The molecule has 3 N–H and O–H groups in total. The molecule has 0 saturated heterocycles. The molecule has 0 amide bonds. The number of fused-ring (bicyclic) bond motifs is 1. The van der Waals surface area contributed by atoms with Crippen LogP contribution in [0.4, 0.5) is 11.5 Å². The third kappa shape index (κ3) is 2.16. The Kier molecular flexibility index (Phi) is 3.11. The molecule has 0 unspecified atom stereocenters. The maximum Gasteiger partial charge on any atom is 0.123 e. The number of hydrogen-bond acceptors (Lipinski definition) is 3. The molecule has 1 aliphatic rings. The lowest BCUT2D eigenvalue weighted by atomic mass is 9.94. The van der Waals surface area contributed by atoms with Crippen LogP contribution in [0.25, 0.3) is 11.1 Å². The van der Waals surface area contributed by atoms with Crippen molar-refractivity contribution in [1.82, 2.24) is 4.98 Å². The number of aryl methyl sites for hydroxylation is 2. The van der Waals surface area contributed by atoms with E-state index in [1.165, 1.54) is 28.8 Å². The van der Waals surface area contributed by atoms with Crippen LogP contribution in [0, 0.1) is 0 Å². The molecule has 19 heavy (non-hydrogen) atoms. The van der Waals surface area contributed by atoms with Gasteiger partial charge in [-0.05, 0) is 37.0 Å². The summed E-state index contributed by atoms with van der Waals surface area (Å²) in [5, 5.41) is 3.54. The number of aromatic nitrogens is 1. The number of pyridine rings is 1. The number of nitrogens with one attached hydrogen (secondary N) is 1. The summed E-state index contributed by atoms with van der Waals surface area (Å²) >= 11 is 0. The van der Waals surface area contributed by atoms with E-state index >= 15 is 0 Å². The first-order valence-corrected chi connectivity index (χ1v) is 6.91. The van der Waals surface area contributed by atoms with Crippen molar-refractivity contribution < 1.29 is 0 Å². The Hall–Kier alpha value is -2.03. The van der Waals surface area contributed by atoms with E-state index < -0.39 is 0 Å². The molecular formula is C16H19N3. The van der Waals surface area contributed by atoms with Crippen molar-refractivity contribution in [3.05, 3.63) is 41.6 Å². The second-order valence-electron chi connectivity index (χ2n) is 4.95. The molecule has 0 radical (unpaired) electrons. The van der Waals surface area contributed by atoms with Gasteiger partial charge < -0.3 is 11.1 Å². The topological polar surface area (TPSA) is 50.9 Å². The Balaban J connectivity index is 2.17. The van der Waals surface area contributed by atoms with Crippen LogP contribution in [0.1, 0.15) is 24.6 Å². The molecule has 0 fully saturated rings. The molecule has 0 atom stereocenters. The fourth-order valence-electron chi connectivity index (χ4n) is 2.77. The molecule has 2 aromatic rings. The van der Waals surface area contributed by atoms with E-state index in [0.29, 0.717) is 5.82 Å². The summed E-state index contributed by atoms with van der Waals surface area (Å²) in [5.41, 5.74) is 12.0. The number of anilines is 2. The van der Waals surface area contributed by atoms with E-state index in [9.17, 15) is 0 Å². The van der Waals surface area contributed by atoms with Gasteiger partial charge in [0.05, 0.1) is 5.69 Å². The van der Waals surface area contributed by atoms with Gasteiger partial charge in [-0.15, -0.1) is 0 Å². The van der Waals surface area contributed by atoms with Gasteiger partial charge >= 0.3 is 0 Å². The first-order valence-electron chi connectivity index (χ1n) is 6.91. The van der Waals surface area contributed by atoms with Crippen LogP contribution < -0.4 is 11.1 Å². The standard InChI is InChI=1S/C16H19N3/c1-2-14-12(8-9-15(17)19-14)13-7-3-5-11-6-4-10-18-16(11)13/h3,5,7-9,18H,2,4,6,10H2,1H3,(H2,17,19). The van der Waals surface area contributed by atoms with E-state index in [4.69, 9.17) is 5.73 Å². The van der Waals surface area contributed by atoms with Crippen molar-refractivity contribution in [2.75, 3.05) is 17.6 Å². The number of hydrogen-bond donors (Lipinski definition) is 2. The molecule has 0 saturated carbocycles. The summed E-state index contributed by atoms with van der Waals surface area (Å²) in [6.07, 6.45) is 3.25. The Morgan fingerprint density at radius 2 is 2.11 bits per heavy atom. The lowest BCUT2D eigenvalue weighted by Crippen LogP contribution is -2.13. The quantitative estimate of drug-likeness (QED) is 0.863. The summed E-state index contributed by atoms with van der Waals surface area (Å²) < 4.78 is 0. The van der Waals surface area contributed by atoms with Crippen LogP contribution in [0.3, 0.4) is 0 Å². The number of nitrogen functional groups attached to an aromatic ring is 1. The highest BCUT2D eigenvalue weighted by atomic mass is 14.9. The molecule has 3 rings (SSSR count). The average Bonchev–Trinajstić information content (AvgIpc) is 2.46. The van der Waals surface area contributed by atoms with Gasteiger partial charge in [0.2, 0.25) is 0 Å². The summed E-state index contributed by atoms with van der Waals surface area (Å²) in [6.45, 7) is 3.17. The maximum atomic E-state index is 5.79. The van der Waals surface area contributed by atoms with Crippen molar-refractivity contribution in [2.45, 2.75) is 26.2 Å². The van der Waals surface area contributed by atoms with Crippen LogP contribution in [0.15, 0.2) is 30.3 Å². The third-order valence-corrected chi connectivity index (χ3v) is 3.70. The summed E-state index contributed by atoms with van der Waals surface area (Å²) in [4.78, 5) is 4.47. The highest BCUT2D eigenvalue weighted by Crippen LogP contribution is 2.35. The normalized spacial score (nSPS) is 13.7. The number of benzene rings is 1. The number of rotatable bonds is 2. The van der Waals surface area contributed by atoms with Crippen LogP contribution in [0.2, 0.25) is 0 Å². The van der Waals surface area contributed by atoms with Gasteiger partial charge in [-0.1, -0.05) is 25.1 Å². The zero-order valence-corrected chi connectivity index (χ0v) is 11.2. The monoisotopic (exact) mass is 253 g/mol. The van der Waals surface area contributed by atoms with Gasteiger partial charge in [-0.3, -0.25) is 0 Å². The average molecular weight is 253 g/mol. The van der Waals surface area contributed by atoms with Crippen molar-refractivity contribution in [2.24, 2.45) is 0 Å². The molecule has 0 aliphatic carbocycles. The second kappa shape index (κ2) is 4.92. The van der Waals surface area contributed by atoms with E-state index in [2.05, 4.69) is 41.5 Å². The van der Waals surface area contributed by atoms with Gasteiger partial charge in [0.15, 0.2) is 0 Å². The van der Waals surface area contributed by atoms with Crippen LogP contribution in [-0.2, 0) is 12.8 Å². The minimum Gasteiger partial charge on any atom is -0.384 e. The van der Waals surface area contributed by atoms with Crippen molar-refractivity contribution in [3.63, 3.8) is 0 Å². The molecule has 98 valence electrons. The summed E-state index contributed by atoms with van der Waals surface area (Å²) in [7, 11) is 0. The molecular weight excluding hydrogens is 234 g/mol. The fraction of sp³-hybridized carbons (Fsp3) is 0.312. The molecule has 3 heteroatoms. The van der Waals surface area contributed by atoms with Gasteiger partial charge in [0.25, 0.3) is 0 Å². The number of para-hydroxylation sites is 1. The molecule has 1 aromatic carbocycles. The van der Waals surface area contributed by atoms with E-state index in [1.54, 1.807) is 0 Å². The molecule has 1 aromatic heterocycles. The smallest absolute Gasteiger partial charge is 0.123 e. The van der Waals surface area contributed by atoms with Crippen LogP contribution in [-0.4, -0.2) is 11.5 Å². The second-order valence-corrected chi connectivity index (χ2v) is 4.95. The van der Waals surface area contributed by atoms with Gasteiger partial charge in [0.1, 0.15) is 5.82 Å². The van der Waals surface area contributed by atoms with Crippen LogP contribution >= 0.6 is 0 Å². The van der Waals surface area contributed by atoms with E-state index in [0.717, 1.165) is 25.1 Å². The summed E-state index contributed by atoms with van der Waals surface area (Å²) in [5.74, 6) is 0.596. The Bertz CT molecular complexity index is 605. The molecule has 2 heterocycles. The first-order chi connectivity index (χ1) is 9.29. The molecule has 1 aliphatic heterocycles. The predicted octanol–water partition coefficient (Wildman–Crippen LogP) is 3.25. The van der Waals surface area contributed by atoms with Crippen LogP contribution in [0.5, 0.6) is 0 Å². The van der Waals surface area contributed by atoms with Crippen molar-refractivity contribution in [1.29, 1.82) is 0 Å². The van der Waals surface area contributed by atoms with Gasteiger partial charge in [0, 0.05) is 23.4 Å². The molecule has 0 bridgehead atoms. The fourth-order valence-corrected chi connectivity index (χ4v) is 2.77. The largest absolute Gasteiger partial charge is 0.384 e. The number of nitrogens with two attached hydrogens (primary N) is 1. The molecule has 3 nitrogen and oxygen atoms in total. The van der Waals surface area contributed by atoms with Gasteiger partial charge in [-0.25, -0.2) is 4.98 Å². The Morgan fingerprint density at radius 1 is 1.21 bits per heavy atom. The van der Waals surface area contributed by atoms with Crippen molar-refractivity contribution in [3.8, 4) is 11.1 Å². The number of nitrogens with zero attached hydrogens (tertiary/aromatic N) is 1. The molecule has 0 spiro atoms. The maximum absolute atomic E-state index is 5.79. The van der Waals surface area contributed by atoms with Gasteiger partial charge in [-0.2, -0.15) is 0 Å². The minimum atomic E-state index is 0.596. The Morgan fingerprint density at radius 3 is 2.95 bits per heavy atom. The highest BCUT2D eigenvalue weighted by Gasteiger charge is 2.15. The van der Waals surface area contributed by atoms with E-state index in [1.807, 2.05) is 6.07 Å². The minimum absolute atomic E-state index is 0.596. The zero-order chi connectivity index (χ0) is 13.2. The highest BCUT2D eigenvalue weighted by molar-refractivity contribution is 5.82. The SMILES string of the molecule is CCc1nc(N)ccc1-c1cccc2c1NCCC2. The lowest BCUT2D eigenvalue weighted by Gasteiger charge is -2.22. The van der Waals surface area contributed by atoms with E-state index in [-0.39, 0.29) is 0 Å². The first kappa shape index (κ1) is 12.0. The van der Waals surface area contributed by atoms with Crippen molar-refractivity contribution >= 4 is 11.5 Å². The zero-order valence-electron chi connectivity index (χ0n) is 11.2.